The van der Waals surface area contributed by atoms with Crippen molar-refractivity contribution < 1.29 is 29.0 Å². The summed E-state index contributed by atoms with van der Waals surface area (Å²) in [6, 6.07) is 15.7. The van der Waals surface area contributed by atoms with E-state index in [-0.39, 0.29) is 24.3 Å². The van der Waals surface area contributed by atoms with Gasteiger partial charge >= 0.3 is 12.1 Å². The van der Waals surface area contributed by atoms with Crippen LogP contribution >= 0.6 is 0 Å². The minimum Gasteiger partial charge on any atom is -0.479 e. The maximum Gasteiger partial charge on any atom is 0.407 e. The van der Waals surface area contributed by atoms with Crippen LogP contribution in [0.1, 0.15) is 36.3 Å². The standard InChI is InChI=1S/C26H26N2O6/c29-23(28-13-15-11-26(28,12-15)24(30)31)22-21(9-10-33-22)27-25(32)34-14-20-18-7-3-1-5-16(18)17-6-2-4-8-19(17)20/h1-8,15,20-22H,9-14H2,(H,27,32)(H,30,31)/t15?,21-,22+,26?/m0/s1. The predicted octanol–water partition coefficient (Wildman–Crippen LogP) is 2.76. The van der Waals surface area contributed by atoms with Gasteiger partial charge in [-0.2, -0.15) is 0 Å². The molecule has 34 heavy (non-hydrogen) atoms. The number of hydrogen-bond donors (Lipinski definition) is 2. The molecule has 8 nitrogen and oxygen atoms in total. The number of nitrogens with one attached hydrogen (secondary N) is 1. The Labute approximate surface area is 196 Å². The van der Waals surface area contributed by atoms with Crippen molar-refractivity contribution in [2.75, 3.05) is 19.8 Å². The zero-order valence-electron chi connectivity index (χ0n) is 18.6. The van der Waals surface area contributed by atoms with Gasteiger partial charge in [-0.1, -0.05) is 48.5 Å². The molecule has 2 atom stereocenters. The molecule has 0 spiro atoms. The van der Waals surface area contributed by atoms with Crippen molar-refractivity contribution >= 4 is 18.0 Å². The average molecular weight is 463 g/mol. The number of alkyl carbamates (subject to hydrolysis) is 1. The summed E-state index contributed by atoms with van der Waals surface area (Å²) in [7, 11) is 0. The van der Waals surface area contributed by atoms with Crippen molar-refractivity contribution in [3.8, 4) is 11.1 Å². The molecule has 4 fully saturated rings. The highest BCUT2D eigenvalue weighted by Gasteiger charge is 2.64. The van der Waals surface area contributed by atoms with Crippen LogP contribution < -0.4 is 5.32 Å². The molecule has 2 bridgehead atoms. The second-order valence-corrected chi connectivity index (χ2v) is 9.72. The third-order valence-electron chi connectivity index (χ3n) is 7.86. The predicted molar refractivity (Wildman–Crippen MR) is 121 cm³/mol. The Bertz CT molecular complexity index is 1130. The fourth-order valence-corrected chi connectivity index (χ4v) is 6.19. The molecule has 2 aromatic rings. The Kier molecular flexibility index (Phi) is 4.88. The van der Waals surface area contributed by atoms with Crippen LogP contribution in [0, 0.1) is 5.92 Å². The van der Waals surface area contributed by atoms with Crippen LogP contribution in [0.3, 0.4) is 0 Å². The smallest absolute Gasteiger partial charge is 0.407 e. The fourth-order valence-electron chi connectivity index (χ4n) is 6.19. The van der Waals surface area contributed by atoms with E-state index in [4.69, 9.17) is 9.47 Å². The molecule has 3 saturated heterocycles. The Morgan fingerprint density at radius 3 is 2.35 bits per heavy atom. The lowest BCUT2D eigenvalue weighted by atomic mass is 9.73. The van der Waals surface area contributed by atoms with Crippen LogP contribution in [-0.4, -0.2) is 65.4 Å². The van der Waals surface area contributed by atoms with Crippen LogP contribution in [0.4, 0.5) is 4.79 Å². The number of fused-ring (bicyclic) bond motifs is 4. The van der Waals surface area contributed by atoms with Crippen molar-refractivity contribution in [1.29, 1.82) is 0 Å². The summed E-state index contributed by atoms with van der Waals surface area (Å²) in [4.78, 5) is 39.1. The SMILES string of the molecule is O=C(N[C@H]1CCO[C@H]1C(=O)N1CC2CC1(C(=O)O)C2)OCC1c2ccccc2-c2ccccc21. The Balaban J connectivity index is 1.11. The molecule has 2 aromatic carbocycles. The summed E-state index contributed by atoms with van der Waals surface area (Å²) in [5.74, 6) is -1.14. The third kappa shape index (κ3) is 3.12. The minimum atomic E-state index is -1.11. The quantitative estimate of drug-likeness (QED) is 0.708. The Morgan fingerprint density at radius 1 is 1.06 bits per heavy atom. The first-order valence-corrected chi connectivity index (χ1v) is 11.8. The lowest BCUT2D eigenvalue weighted by molar-refractivity contribution is -0.162. The molecule has 3 heterocycles. The maximum absolute atomic E-state index is 13.2. The van der Waals surface area contributed by atoms with Gasteiger partial charge in [-0.25, -0.2) is 9.59 Å². The average Bonchev–Trinajstić information content (AvgIpc) is 3.57. The van der Waals surface area contributed by atoms with E-state index in [1.165, 1.54) is 4.90 Å². The molecule has 5 aliphatic rings. The van der Waals surface area contributed by atoms with Crippen molar-refractivity contribution in [1.82, 2.24) is 10.2 Å². The van der Waals surface area contributed by atoms with E-state index in [9.17, 15) is 19.5 Å². The first-order chi connectivity index (χ1) is 16.5. The van der Waals surface area contributed by atoms with Crippen LogP contribution in [-0.2, 0) is 19.1 Å². The van der Waals surface area contributed by atoms with Crippen LogP contribution in [0.5, 0.6) is 0 Å². The monoisotopic (exact) mass is 462 g/mol. The van der Waals surface area contributed by atoms with E-state index in [1.54, 1.807) is 0 Å². The van der Waals surface area contributed by atoms with Gasteiger partial charge in [0, 0.05) is 19.1 Å². The van der Waals surface area contributed by atoms with Gasteiger partial charge in [0.25, 0.3) is 5.91 Å². The molecular formula is C26H26N2O6. The van der Waals surface area contributed by atoms with Gasteiger partial charge in [0.05, 0.1) is 6.04 Å². The summed E-state index contributed by atoms with van der Waals surface area (Å²) in [6.45, 7) is 0.937. The molecule has 3 aliphatic heterocycles. The number of nitrogens with zero attached hydrogens (tertiary/aromatic N) is 1. The van der Waals surface area contributed by atoms with Gasteiger partial charge in [0.2, 0.25) is 0 Å². The number of aliphatic carboxylic acids is 1. The largest absolute Gasteiger partial charge is 0.479 e. The van der Waals surface area contributed by atoms with Crippen LogP contribution in [0.15, 0.2) is 48.5 Å². The van der Waals surface area contributed by atoms with Gasteiger partial charge in [0.1, 0.15) is 12.1 Å². The molecule has 0 unspecified atom stereocenters. The maximum atomic E-state index is 13.2. The van der Waals surface area contributed by atoms with Gasteiger partial charge in [0.15, 0.2) is 6.10 Å². The number of ether oxygens (including phenoxy) is 2. The lowest BCUT2D eigenvalue weighted by Gasteiger charge is -2.38. The second-order valence-electron chi connectivity index (χ2n) is 9.72. The minimum absolute atomic E-state index is 0.0535. The van der Waals surface area contributed by atoms with Gasteiger partial charge in [-0.15, -0.1) is 0 Å². The van der Waals surface area contributed by atoms with Crippen molar-refractivity contribution in [2.24, 2.45) is 5.92 Å². The molecule has 7 rings (SSSR count). The molecule has 2 amide bonds. The lowest BCUT2D eigenvalue weighted by Crippen LogP contribution is -2.58. The van der Waals surface area contributed by atoms with E-state index in [0.29, 0.717) is 32.4 Å². The highest BCUT2D eigenvalue weighted by atomic mass is 16.6. The van der Waals surface area contributed by atoms with E-state index in [0.717, 1.165) is 22.3 Å². The molecule has 2 aliphatic carbocycles. The number of carbonyl (C=O) groups excluding carboxylic acids is 2. The van der Waals surface area contributed by atoms with Gasteiger partial charge < -0.3 is 24.8 Å². The molecule has 0 radical (unpaired) electrons. The fraction of sp³-hybridized carbons (Fsp3) is 0.423. The van der Waals surface area contributed by atoms with Crippen LogP contribution in [0.25, 0.3) is 11.1 Å². The van der Waals surface area contributed by atoms with E-state index in [2.05, 4.69) is 29.6 Å². The summed E-state index contributed by atoms with van der Waals surface area (Å²) in [5, 5.41) is 12.5. The highest BCUT2D eigenvalue weighted by molar-refractivity contribution is 5.92. The highest BCUT2D eigenvalue weighted by Crippen LogP contribution is 2.51. The number of rotatable bonds is 5. The van der Waals surface area contributed by atoms with E-state index >= 15 is 0 Å². The number of hydrogen-bond acceptors (Lipinski definition) is 5. The molecule has 2 N–H and O–H groups in total. The summed E-state index contributed by atoms with van der Waals surface area (Å²) in [5.41, 5.74) is 3.44. The second kappa shape index (κ2) is 7.84. The van der Waals surface area contributed by atoms with Gasteiger partial charge in [-0.05, 0) is 47.4 Å². The number of amides is 2. The zero-order chi connectivity index (χ0) is 23.4. The topological polar surface area (TPSA) is 105 Å². The van der Waals surface area contributed by atoms with Crippen molar-refractivity contribution in [3.63, 3.8) is 0 Å². The molecule has 1 saturated carbocycles. The number of benzene rings is 2. The number of carboxylic acid groups (broad SMARTS) is 1. The van der Waals surface area contributed by atoms with Crippen molar-refractivity contribution in [2.45, 2.75) is 42.9 Å². The van der Waals surface area contributed by atoms with Crippen molar-refractivity contribution in [3.05, 3.63) is 59.7 Å². The Hall–Kier alpha value is -3.39. The molecule has 176 valence electrons. The van der Waals surface area contributed by atoms with Gasteiger partial charge in [-0.3, -0.25) is 4.79 Å². The van der Waals surface area contributed by atoms with Crippen LogP contribution in [0.2, 0.25) is 0 Å². The molecule has 0 aromatic heterocycles. The zero-order valence-corrected chi connectivity index (χ0v) is 18.6. The van der Waals surface area contributed by atoms with E-state index < -0.39 is 29.7 Å². The number of carbonyl (C=O) groups is 3. The van der Waals surface area contributed by atoms with E-state index in [1.807, 2.05) is 24.3 Å². The first kappa shape index (κ1) is 21.2. The normalized spacial score (nSPS) is 28.7. The molecular weight excluding hydrogens is 436 g/mol. The summed E-state index contributed by atoms with van der Waals surface area (Å²) in [6.07, 6.45) is -0.0426. The summed E-state index contributed by atoms with van der Waals surface area (Å²) >= 11 is 0. The number of carboxylic acids is 1. The first-order valence-electron chi connectivity index (χ1n) is 11.8. The molecule has 8 heteroatoms. The third-order valence-corrected chi connectivity index (χ3v) is 7.86. The Morgan fingerprint density at radius 2 is 1.71 bits per heavy atom. The summed E-state index contributed by atoms with van der Waals surface area (Å²) < 4.78 is 11.3.